The fourth-order valence-corrected chi connectivity index (χ4v) is 3.68. The maximum absolute atomic E-state index is 12.7. The van der Waals surface area contributed by atoms with E-state index in [0.717, 1.165) is 36.7 Å². The van der Waals surface area contributed by atoms with E-state index in [-0.39, 0.29) is 12.2 Å². The fourth-order valence-electron chi connectivity index (χ4n) is 3.68. The Morgan fingerprint density at radius 1 is 1.14 bits per heavy atom. The summed E-state index contributed by atoms with van der Waals surface area (Å²) in [7, 11) is -0.510. The molecule has 0 radical (unpaired) electrons. The van der Waals surface area contributed by atoms with Crippen LogP contribution in [0.25, 0.3) is 11.0 Å². The number of aromatic nitrogens is 2. The van der Waals surface area contributed by atoms with Gasteiger partial charge in [-0.1, -0.05) is 20.3 Å². The molecule has 1 saturated heterocycles. The van der Waals surface area contributed by atoms with Gasteiger partial charge in [0.05, 0.1) is 22.2 Å². The summed E-state index contributed by atoms with van der Waals surface area (Å²) in [5.74, 6) is 0. The van der Waals surface area contributed by atoms with E-state index in [0.29, 0.717) is 5.52 Å². The van der Waals surface area contributed by atoms with Crippen LogP contribution in [-0.4, -0.2) is 40.1 Å². The van der Waals surface area contributed by atoms with Crippen LogP contribution in [0.1, 0.15) is 73.6 Å². The van der Waals surface area contributed by atoms with Crippen molar-refractivity contribution in [2.45, 2.75) is 91.0 Å². The molecule has 6 nitrogen and oxygen atoms in total. The summed E-state index contributed by atoms with van der Waals surface area (Å²) >= 11 is 0. The monoisotopic (exact) mass is 400 g/mol. The molecule has 0 aromatic carbocycles. The van der Waals surface area contributed by atoms with E-state index < -0.39 is 18.3 Å². The number of fused-ring (bicyclic) bond motifs is 1. The minimum Gasteiger partial charge on any atom is -0.446 e. The van der Waals surface area contributed by atoms with Crippen molar-refractivity contribution < 1.29 is 18.8 Å². The minimum absolute atomic E-state index is 0.0166. The van der Waals surface area contributed by atoms with Gasteiger partial charge in [-0.15, -0.1) is 0 Å². The Kier molecular flexibility index (Phi) is 6.39. The normalized spacial score (nSPS) is 21.0. The predicted octanol–water partition coefficient (Wildman–Crippen LogP) is 4.68. The van der Waals surface area contributed by atoms with Crippen molar-refractivity contribution in [3.63, 3.8) is 0 Å². The molecule has 4 rings (SSSR count). The third-order valence-electron chi connectivity index (χ3n) is 6.10. The third-order valence-corrected chi connectivity index (χ3v) is 6.10. The van der Waals surface area contributed by atoms with Crippen LogP contribution in [0.3, 0.4) is 0 Å². The second-order valence-electron chi connectivity index (χ2n) is 8.59. The molecule has 0 atom stereocenters. The average Bonchev–Trinajstić information content (AvgIpc) is 3.21. The van der Waals surface area contributed by atoms with Gasteiger partial charge < -0.3 is 14.0 Å². The van der Waals surface area contributed by atoms with E-state index in [9.17, 15) is 4.79 Å². The molecule has 0 unspecified atom stereocenters. The molecule has 7 heteroatoms. The molecule has 3 heterocycles. The van der Waals surface area contributed by atoms with Gasteiger partial charge in [-0.25, -0.2) is 4.79 Å². The van der Waals surface area contributed by atoms with Crippen molar-refractivity contribution in [1.82, 2.24) is 9.55 Å². The number of hydrogen-bond donors (Lipinski definition) is 0. The van der Waals surface area contributed by atoms with Gasteiger partial charge in [0.15, 0.2) is 0 Å². The van der Waals surface area contributed by atoms with Crippen LogP contribution in [0.2, 0.25) is 0 Å². The summed E-state index contributed by atoms with van der Waals surface area (Å²) in [6.45, 7) is 12.1. The van der Waals surface area contributed by atoms with Crippen molar-refractivity contribution in [3.8, 4) is 0 Å². The van der Waals surface area contributed by atoms with Gasteiger partial charge in [0.1, 0.15) is 6.10 Å². The van der Waals surface area contributed by atoms with E-state index in [1.54, 1.807) is 12.4 Å². The first kappa shape index (κ1) is 21.8. The molecule has 0 N–H and O–H groups in total. The Bertz CT molecular complexity index is 840. The molecule has 1 saturated carbocycles. The maximum atomic E-state index is 12.7. The Hall–Kier alpha value is -1.86. The maximum Gasteiger partial charge on any atom is 0.496 e. The second kappa shape index (κ2) is 8.48. The van der Waals surface area contributed by atoms with E-state index in [2.05, 4.69) is 4.98 Å². The van der Waals surface area contributed by atoms with E-state index >= 15 is 0 Å². The van der Waals surface area contributed by atoms with Gasteiger partial charge in [-0.05, 0) is 65.5 Å². The first-order valence-electron chi connectivity index (χ1n) is 10.8. The number of carbonyl (C=O) groups excluding carboxylic acids is 1. The zero-order chi connectivity index (χ0) is 21.2. The molecule has 0 amide bonds. The van der Waals surface area contributed by atoms with Crippen LogP contribution < -0.4 is 5.46 Å². The van der Waals surface area contributed by atoms with Crippen molar-refractivity contribution >= 4 is 29.7 Å². The zero-order valence-corrected chi connectivity index (χ0v) is 18.5. The van der Waals surface area contributed by atoms with Gasteiger partial charge in [0, 0.05) is 17.9 Å². The third kappa shape index (κ3) is 4.36. The predicted molar refractivity (Wildman–Crippen MR) is 116 cm³/mol. The highest BCUT2D eigenvalue weighted by atomic mass is 16.7. The lowest BCUT2D eigenvalue weighted by Crippen LogP contribution is -2.41. The molecule has 2 aliphatic rings. The minimum atomic E-state index is -0.510. The van der Waals surface area contributed by atoms with Crippen molar-refractivity contribution in [1.29, 1.82) is 0 Å². The van der Waals surface area contributed by atoms with Gasteiger partial charge >= 0.3 is 13.2 Å². The standard InChI is InChI=1S/C20H27BN2O4.C2H6/c1-19(2)20(3,4)27-21(26-19)14-12-17-16(22-13-14)10-11-23(17)18(24)25-15-8-6-5-7-9-15;1-2/h10-13,15H,5-9H2,1-4H3;1-2H3. The smallest absolute Gasteiger partial charge is 0.446 e. The van der Waals surface area contributed by atoms with Gasteiger partial charge in [0.25, 0.3) is 0 Å². The summed E-state index contributed by atoms with van der Waals surface area (Å²) < 4.78 is 19.5. The summed E-state index contributed by atoms with van der Waals surface area (Å²) in [6, 6.07) is 3.73. The van der Waals surface area contributed by atoms with E-state index in [4.69, 9.17) is 14.0 Å². The number of rotatable bonds is 2. The molecular weight excluding hydrogens is 367 g/mol. The Morgan fingerprint density at radius 3 is 2.38 bits per heavy atom. The van der Waals surface area contributed by atoms with Crippen LogP contribution in [-0.2, 0) is 14.0 Å². The molecule has 1 aliphatic carbocycles. The molecule has 2 fully saturated rings. The van der Waals surface area contributed by atoms with Gasteiger partial charge in [-0.2, -0.15) is 0 Å². The second-order valence-corrected chi connectivity index (χ2v) is 8.59. The highest BCUT2D eigenvalue weighted by Crippen LogP contribution is 2.36. The first-order chi connectivity index (χ1) is 13.8. The van der Waals surface area contributed by atoms with Crippen LogP contribution in [0.15, 0.2) is 24.5 Å². The summed E-state index contributed by atoms with van der Waals surface area (Å²) in [5.41, 5.74) is 1.41. The quantitative estimate of drug-likeness (QED) is 0.685. The Balaban J connectivity index is 0.00000117. The molecule has 1 aliphatic heterocycles. The SMILES string of the molecule is CC.CC1(C)OB(c2cnc3ccn(C(=O)OC4CCCCC4)c3c2)OC1(C)C. The topological polar surface area (TPSA) is 62.6 Å². The van der Waals surface area contributed by atoms with Crippen molar-refractivity contribution in [2.75, 3.05) is 0 Å². The molecule has 2 aromatic heterocycles. The Morgan fingerprint density at radius 2 is 1.76 bits per heavy atom. The molecule has 0 bridgehead atoms. The molecule has 29 heavy (non-hydrogen) atoms. The molecular formula is C22H33BN2O4. The number of ether oxygens (including phenoxy) is 1. The van der Waals surface area contributed by atoms with Crippen LogP contribution in [0.5, 0.6) is 0 Å². The summed E-state index contributed by atoms with van der Waals surface area (Å²) in [6.07, 6.45) is 8.51. The van der Waals surface area contributed by atoms with E-state index in [1.807, 2.05) is 53.7 Å². The van der Waals surface area contributed by atoms with Crippen LogP contribution >= 0.6 is 0 Å². The molecule has 2 aromatic rings. The molecule has 158 valence electrons. The summed E-state index contributed by atoms with van der Waals surface area (Å²) in [4.78, 5) is 17.2. The first-order valence-corrected chi connectivity index (χ1v) is 10.8. The van der Waals surface area contributed by atoms with Crippen molar-refractivity contribution in [2.24, 2.45) is 0 Å². The zero-order valence-electron chi connectivity index (χ0n) is 18.5. The Labute approximate surface area is 174 Å². The van der Waals surface area contributed by atoms with Crippen LogP contribution in [0.4, 0.5) is 4.79 Å². The number of carbonyl (C=O) groups is 1. The largest absolute Gasteiger partial charge is 0.496 e. The number of nitrogens with zero attached hydrogens (tertiary/aromatic N) is 2. The van der Waals surface area contributed by atoms with Gasteiger partial charge in [0.2, 0.25) is 0 Å². The van der Waals surface area contributed by atoms with Crippen LogP contribution in [0, 0.1) is 0 Å². The number of hydrogen-bond acceptors (Lipinski definition) is 5. The van der Waals surface area contributed by atoms with E-state index in [1.165, 1.54) is 11.0 Å². The fraction of sp³-hybridized carbons (Fsp3) is 0.636. The van der Waals surface area contributed by atoms with Crippen molar-refractivity contribution in [3.05, 3.63) is 24.5 Å². The average molecular weight is 400 g/mol. The lowest BCUT2D eigenvalue weighted by atomic mass is 9.80. The lowest BCUT2D eigenvalue weighted by Gasteiger charge is -2.32. The summed E-state index contributed by atoms with van der Waals surface area (Å²) in [5, 5.41) is 0. The lowest BCUT2D eigenvalue weighted by molar-refractivity contribution is 0.00578. The molecule has 0 spiro atoms. The number of pyridine rings is 1. The highest BCUT2D eigenvalue weighted by molar-refractivity contribution is 6.62. The van der Waals surface area contributed by atoms with Gasteiger partial charge in [-0.3, -0.25) is 9.55 Å². The highest BCUT2D eigenvalue weighted by Gasteiger charge is 2.51.